The summed E-state index contributed by atoms with van der Waals surface area (Å²) in [4.78, 5) is 31.4. The highest BCUT2D eigenvalue weighted by molar-refractivity contribution is 6.08. The van der Waals surface area contributed by atoms with E-state index < -0.39 is 18.4 Å². The van der Waals surface area contributed by atoms with Gasteiger partial charge in [-0.25, -0.2) is 28.7 Å². The van der Waals surface area contributed by atoms with Gasteiger partial charge < -0.3 is 16.0 Å². The first kappa shape index (κ1) is 21.5. The number of halogens is 2. The van der Waals surface area contributed by atoms with Crippen molar-refractivity contribution in [3.63, 3.8) is 0 Å². The second kappa shape index (κ2) is 8.45. The average Bonchev–Trinajstić information content (AvgIpc) is 3.14. The van der Waals surface area contributed by atoms with Crippen molar-refractivity contribution in [3.05, 3.63) is 54.4 Å². The van der Waals surface area contributed by atoms with E-state index in [9.17, 15) is 13.6 Å². The van der Waals surface area contributed by atoms with Gasteiger partial charge in [-0.2, -0.15) is 0 Å². The van der Waals surface area contributed by atoms with Gasteiger partial charge in [0.15, 0.2) is 5.82 Å². The van der Waals surface area contributed by atoms with E-state index in [0.717, 1.165) is 0 Å². The number of nitrogens with zero attached hydrogens (tertiary/aromatic N) is 5. The lowest BCUT2D eigenvalue weighted by atomic mass is 10.1. The van der Waals surface area contributed by atoms with Crippen LogP contribution in [0.4, 0.5) is 26.1 Å². The van der Waals surface area contributed by atoms with Crippen LogP contribution in [0.5, 0.6) is 0 Å². The average molecular weight is 439 g/mol. The molecule has 3 aromatic rings. The number of hydrogen-bond donors (Lipinski definition) is 2. The molecular formula is C22H23F2N7O. The van der Waals surface area contributed by atoms with Crippen LogP contribution >= 0.6 is 0 Å². The minimum atomic E-state index is -2.82. The number of alkyl halides is 2. The number of pyridine rings is 2. The molecule has 0 aliphatic carbocycles. The highest BCUT2D eigenvalue weighted by atomic mass is 19.3. The minimum Gasteiger partial charge on any atom is -0.384 e. The van der Waals surface area contributed by atoms with Crippen LogP contribution in [-0.2, 0) is 0 Å². The Kier molecular flexibility index (Phi) is 5.68. The maximum Gasteiger partial charge on any atom is 0.266 e. The van der Waals surface area contributed by atoms with Crippen molar-refractivity contribution in [2.75, 3.05) is 29.0 Å². The van der Waals surface area contributed by atoms with Crippen LogP contribution in [0.3, 0.4) is 0 Å². The molecule has 4 heterocycles. The molecular weight excluding hydrogens is 416 g/mol. The molecule has 3 aromatic heterocycles. The number of nitrogens with two attached hydrogens (primary N) is 1. The summed E-state index contributed by atoms with van der Waals surface area (Å²) in [6.45, 7) is 3.56. The topological polar surface area (TPSA) is 110 Å². The number of rotatable bonds is 5. The highest BCUT2D eigenvalue weighted by Crippen LogP contribution is 2.39. The number of carbonyl (C=O) groups is 1. The zero-order valence-electron chi connectivity index (χ0n) is 17.7. The molecule has 1 aliphatic rings. The van der Waals surface area contributed by atoms with Crippen molar-refractivity contribution in [3.8, 4) is 11.1 Å². The molecule has 8 nitrogen and oxygen atoms in total. The molecule has 0 bridgehead atoms. The number of hydrogen-bond acceptors (Lipinski definition) is 7. The highest BCUT2D eigenvalue weighted by Gasteiger charge is 2.40. The summed E-state index contributed by atoms with van der Waals surface area (Å²) in [6, 6.07) is 5.07. The second-order valence-electron chi connectivity index (χ2n) is 8.00. The van der Waals surface area contributed by atoms with E-state index in [0.29, 0.717) is 28.5 Å². The standard InChI is InChI=1S/C22H23F2N7O/c1-13(2)19-28-10-15(11-29-19)21(32)30-18-16(14-3-4-17(25)27-9-14)5-7-26-20(18)31-8-6-22(23,24)12-31/h3-5,7,9-11,13H,6,8,12H2,1-2H3,(H2,25,27)(H,30,32). The monoisotopic (exact) mass is 439 g/mol. The van der Waals surface area contributed by atoms with Gasteiger partial charge in [-0.1, -0.05) is 13.8 Å². The predicted molar refractivity (Wildman–Crippen MR) is 118 cm³/mol. The normalized spacial score (nSPS) is 15.2. The third kappa shape index (κ3) is 4.48. The Bertz CT molecular complexity index is 1120. The Labute approximate surface area is 183 Å². The lowest BCUT2D eigenvalue weighted by Gasteiger charge is -2.23. The lowest BCUT2D eigenvalue weighted by Crippen LogP contribution is -2.27. The van der Waals surface area contributed by atoms with E-state index in [2.05, 4.69) is 25.3 Å². The van der Waals surface area contributed by atoms with Crippen molar-refractivity contribution >= 4 is 23.2 Å². The number of nitrogens with one attached hydrogen (secondary N) is 1. The molecule has 0 unspecified atom stereocenters. The van der Waals surface area contributed by atoms with Crippen LogP contribution < -0.4 is 16.0 Å². The maximum atomic E-state index is 13.9. The summed E-state index contributed by atoms with van der Waals surface area (Å²) in [5.41, 5.74) is 7.51. The van der Waals surface area contributed by atoms with Gasteiger partial charge >= 0.3 is 0 Å². The molecule has 3 N–H and O–H groups in total. The fourth-order valence-corrected chi connectivity index (χ4v) is 3.47. The second-order valence-corrected chi connectivity index (χ2v) is 8.00. The molecule has 1 amide bonds. The minimum absolute atomic E-state index is 0.124. The molecule has 32 heavy (non-hydrogen) atoms. The Morgan fingerprint density at radius 1 is 1.12 bits per heavy atom. The van der Waals surface area contributed by atoms with E-state index in [1.165, 1.54) is 23.5 Å². The first-order chi connectivity index (χ1) is 15.2. The molecule has 0 saturated carbocycles. The van der Waals surface area contributed by atoms with Gasteiger partial charge in [-0.05, 0) is 18.2 Å². The summed E-state index contributed by atoms with van der Waals surface area (Å²) >= 11 is 0. The van der Waals surface area contributed by atoms with Crippen LogP contribution in [0, 0.1) is 0 Å². The summed E-state index contributed by atoms with van der Waals surface area (Å²) in [5, 5.41) is 2.83. The quantitative estimate of drug-likeness (QED) is 0.623. The zero-order valence-corrected chi connectivity index (χ0v) is 17.7. The first-order valence-electron chi connectivity index (χ1n) is 10.2. The Balaban J connectivity index is 1.73. The maximum absolute atomic E-state index is 13.9. The van der Waals surface area contributed by atoms with E-state index >= 15 is 0 Å². The smallest absolute Gasteiger partial charge is 0.266 e. The Hall–Kier alpha value is -3.69. The van der Waals surface area contributed by atoms with Crippen molar-refractivity contribution in [1.29, 1.82) is 0 Å². The summed E-state index contributed by atoms with van der Waals surface area (Å²) < 4.78 is 27.8. The predicted octanol–water partition coefficient (Wildman–Crippen LogP) is 3.74. The van der Waals surface area contributed by atoms with E-state index in [1.54, 1.807) is 24.4 Å². The van der Waals surface area contributed by atoms with Gasteiger partial charge in [0.2, 0.25) is 0 Å². The number of anilines is 3. The van der Waals surface area contributed by atoms with Crippen LogP contribution in [0.2, 0.25) is 0 Å². The van der Waals surface area contributed by atoms with E-state index in [-0.39, 0.29) is 30.3 Å². The number of nitrogen functional groups attached to an aromatic ring is 1. The summed E-state index contributed by atoms with van der Waals surface area (Å²) in [6.07, 6.45) is 5.70. The number of amides is 1. The Morgan fingerprint density at radius 2 is 1.88 bits per heavy atom. The van der Waals surface area contributed by atoms with Crippen molar-refractivity contribution in [2.45, 2.75) is 32.1 Å². The lowest BCUT2D eigenvalue weighted by molar-refractivity contribution is 0.0257. The van der Waals surface area contributed by atoms with Gasteiger partial charge in [0.05, 0.1) is 17.8 Å². The van der Waals surface area contributed by atoms with E-state index in [1.807, 2.05) is 13.8 Å². The molecule has 0 aromatic carbocycles. The van der Waals surface area contributed by atoms with Crippen molar-refractivity contribution in [1.82, 2.24) is 19.9 Å². The Morgan fingerprint density at radius 3 is 2.47 bits per heavy atom. The third-order valence-corrected chi connectivity index (χ3v) is 5.19. The zero-order chi connectivity index (χ0) is 22.9. The number of carbonyl (C=O) groups excluding carboxylic acids is 1. The van der Waals surface area contributed by atoms with E-state index in [4.69, 9.17) is 5.73 Å². The molecule has 10 heteroatoms. The van der Waals surface area contributed by atoms with Gasteiger partial charge in [0.1, 0.15) is 11.6 Å². The molecule has 1 aliphatic heterocycles. The summed E-state index contributed by atoms with van der Waals surface area (Å²) in [5.74, 6) is -1.93. The molecule has 0 spiro atoms. The fraction of sp³-hybridized carbons (Fsp3) is 0.318. The molecule has 1 fully saturated rings. The van der Waals surface area contributed by atoms with Crippen LogP contribution in [0.1, 0.15) is 42.4 Å². The van der Waals surface area contributed by atoms with Crippen molar-refractivity contribution < 1.29 is 13.6 Å². The molecule has 0 radical (unpaired) electrons. The van der Waals surface area contributed by atoms with Crippen LogP contribution in [-0.4, -0.2) is 44.9 Å². The van der Waals surface area contributed by atoms with Crippen molar-refractivity contribution in [2.24, 2.45) is 0 Å². The third-order valence-electron chi connectivity index (χ3n) is 5.19. The van der Waals surface area contributed by atoms with Crippen LogP contribution in [0.15, 0.2) is 43.0 Å². The number of aromatic nitrogens is 4. The molecule has 166 valence electrons. The first-order valence-corrected chi connectivity index (χ1v) is 10.2. The largest absolute Gasteiger partial charge is 0.384 e. The summed E-state index contributed by atoms with van der Waals surface area (Å²) in [7, 11) is 0. The SMILES string of the molecule is CC(C)c1ncc(C(=O)Nc2c(-c3ccc(N)nc3)ccnc2N2CCC(F)(F)C2)cn1. The van der Waals surface area contributed by atoms with Crippen LogP contribution in [0.25, 0.3) is 11.1 Å². The van der Waals surface area contributed by atoms with Gasteiger partial charge in [-0.3, -0.25) is 4.79 Å². The fourth-order valence-electron chi connectivity index (χ4n) is 3.47. The van der Waals surface area contributed by atoms with Gasteiger partial charge in [0, 0.05) is 54.8 Å². The van der Waals surface area contributed by atoms with Gasteiger partial charge in [0.25, 0.3) is 11.8 Å². The molecule has 0 atom stereocenters. The van der Waals surface area contributed by atoms with Gasteiger partial charge in [-0.15, -0.1) is 0 Å². The molecule has 4 rings (SSSR count). The molecule has 1 saturated heterocycles.